The maximum atomic E-state index is 11.1. The molecule has 106 valence electrons. The SMILES string of the molecule is CCc1cnc(CNc2cccc(NN)c2[N+](=O)[O-])s1. The topological polar surface area (TPSA) is 106 Å². The summed E-state index contributed by atoms with van der Waals surface area (Å²) in [4.78, 5) is 16.1. The number of nitrogens with two attached hydrogens (primary N) is 1. The van der Waals surface area contributed by atoms with Gasteiger partial charge in [-0.2, -0.15) is 0 Å². The van der Waals surface area contributed by atoms with Crippen molar-refractivity contribution in [2.45, 2.75) is 19.9 Å². The van der Waals surface area contributed by atoms with E-state index in [0.29, 0.717) is 12.2 Å². The Kier molecular flexibility index (Phi) is 4.49. The first-order valence-corrected chi connectivity index (χ1v) is 6.88. The normalized spacial score (nSPS) is 10.3. The standard InChI is InChI=1S/C12H15N5O2S/c1-2-8-6-15-11(20-8)7-14-9-4-3-5-10(16-13)12(9)17(18)19/h3-6,14,16H,2,7,13H2,1H3. The maximum Gasteiger partial charge on any atom is 0.316 e. The number of rotatable bonds is 6. The summed E-state index contributed by atoms with van der Waals surface area (Å²) in [6.07, 6.45) is 2.76. The molecule has 0 unspecified atom stereocenters. The average molecular weight is 293 g/mol. The number of hydrogen-bond acceptors (Lipinski definition) is 7. The van der Waals surface area contributed by atoms with Gasteiger partial charge in [0.15, 0.2) is 0 Å². The number of nitrogens with one attached hydrogen (secondary N) is 2. The van der Waals surface area contributed by atoms with E-state index in [2.05, 4.69) is 22.7 Å². The van der Waals surface area contributed by atoms with Crippen LogP contribution in [0.15, 0.2) is 24.4 Å². The molecule has 4 N–H and O–H groups in total. The zero-order valence-electron chi connectivity index (χ0n) is 10.9. The van der Waals surface area contributed by atoms with Crippen LogP contribution in [0.4, 0.5) is 17.1 Å². The fourth-order valence-electron chi connectivity index (χ4n) is 1.76. The van der Waals surface area contributed by atoms with Crippen molar-refractivity contribution in [3.8, 4) is 0 Å². The third-order valence-electron chi connectivity index (χ3n) is 2.75. The van der Waals surface area contributed by atoms with E-state index in [9.17, 15) is 10.1 Å². The summed E-state index contributed by atoms with van der Waals surface area (Å²) in [5.74, 6) is 5.29. The predicted octanol–water partition coefficient (Wildman–Crippen LogP) is 2.51. The number of nitro benzene ring substituents is 1. The van der Waals surface area contributed by atoms with Crippen molar-refractivity contribution in [3.63, 3.8) is 0 Å². The summed E-state index contributed by atoms with van der Waals surface area (Å²) >= 11 is 1.59. The molecule has 2 rings (SSSR count). The second-order valence-electron chi connectivity index (χ2n) is 4.03. The minimum absolute atomic E-state index is 0.0673. The quantitative estimate of drug-likeness (QED) is 0.429. The average Bonchev–Trinajstić information content (AvgIpc) is 2.92. The molecule has 0 spiro atoms. The third kappa shape index (κ3) is 3.03. The number of aryl methyl sites for hydroxylation is 1. The number of nitrogens with zero attached hydrogens (tertiary/aromatic N) is 2. The number of thiazole rings is 1. The van der Waals surface area contributed by atoms with Gasteiger partial charge in [-0.15, -0.1) is 11.3 Å². The number of nitrogen functional groups attached to an aromatic ring is 1. The van der Waals surface area contributed by atoms with Gasteiger partial charge in [0.25, 0.3) is 0 Å². The maximum absolute atomic E-state index is 11.1. The summed E-state index contributed by atoms with van der Waals surface area (Å²) in [5.41, 5.74) is 2.95. The van der Waals surface area contributed by atoms with Crippen LogP contribution >= 0.6 is 11.3 Å². The largest absolute Gasteiger partial charge is 0.373 e. The molecule has 1 heterocycles. The number of hydrazine groups is 1. The molecule has 1 aromatic carbocycles. The van der Waals surface area contributed by atoms with Crippen LogP contribution in [-0.4, -0.2) is 9.91 Å². The molecule has 0 fully saturated rings. The first-order valence-electron chi connectivity index (χ1n) is 6.07. The number of hydrogen-bond donors (Lipinski definition) is 3. The van der Waals surface area contributed by atoms with Crippen LogP contribution < -0.4 is 16.6 Å². The molecule has 0 saturated carbocycles. The van der Waals surface area contributed by atoms with Crippen molar-refractivity contribution in [1.29, 1.82) is 0 Å². The second-order valence-corrected chi connectivity index (χ2v) is 5.23. The van der Waals surface area contributed by atoms with Gasteiger partial charge in [-0.05, 0) is 18.6 Å². The van der Waals surface area contributed by atoms with Crippen LogP contribution in [-0.2, 0) is 13.0 Å². The lowest BCUT2D eigenvalue weighted by atomic mass is 10.2. The van der Waals surface area contributed by atoms with Gasteiger partial charge in [0.2, 0.25) is 0 Å². The van der Waals surface area contributed by atoms with E-state index in [-0.39, 0.29) is 11.4 Å². The molecular formula is C12H15N5O2S. The Hall–Kier alpha value is -2.19. The Bertz CT molecular complexity index is 614. The number of benzene rings is 1. The highest BCUT2D eigenvalue weighted by molar-refractivity contribution is 7.11. The molecule has 0 radical (unpaired) electrons. The summed E-state index contributed by atoms with van der Waals surface area (Å²) in [5, 5.41) is 15.0. The van der Waals surface area contributed by atoms with E-state index in [1.54, 1.807) is 29.5 Å². The molecule has 0 bridgehead atoms. The fourth-order valence-corrected chi connectivity index (χ4v) is 2.57. The Morgan fingerprint density at radius 3 is 2.80 bits per heavy atom. The highest BCUT2D eigenvalue weighted by atomic mass is 32.1. The molecule has 0 aliphatic heterocycles. The highest BCUT2D eigenvalue weighted by Gasteiger charge is 2.19. The molecule has 7 nitrogen and oxygen atoms in total. The number of nitro groups is 1. The molecule has 2 aromatic rings. The summed E-state index contributed by atoms with van der Waals surface area (Å²) in [6, 6.07) is 4.90. The van der Waals surface area contributed by atoms with Crippen LogP contribution in [0.3, 0.4) is 0 Å². The van der Waals surface area contributed by atoms with Gasteiger partial charge in [-0.25, -0.2) is 4.98 Å². The van der Waals surface area contributed by atoms with Crippen molar-refractivity contribution in [2.75, 3.05) is 10.7 Å². The zero-order valence-corrected chi connectivity index (χ0v) is 11.7. The number of anilines is 2. The van der Waals surface area contributed by atoms with Gasteiger partial charge in [0.1, 0.15) is 16.4 Å². The van der Waals surface area contributed by atoms with E-state index in [0.717, 1.165) is 11.4 Å². The van der Waals surface area contributed by atoms with Gasteiger partial charge >= 0.3 is 5.69 Å². The van der Waals surface area contributed by atoms with E-state index in [4.69, 9.17) is 5.84 Å². The second kappa shape index (κ2) is 6.31. The lowest BCUT2D eigenvalue weighted by Crippen LogP contribution is -2.11. The third-order valence-corrected chi connectivity index (χ3v) is 3.90. The first-order chi connectivity index (χ1) is 9.65. The molecular weight excluding hydrogens is 278 g/mol. The summed E-state index contributed by atoms with van der Waals surface area (Å²) in [6.45, 7) is 2.51. The van der Waals surface area contributed by atoms with Gasteiger partial charge < -0.3 is 10.7 Å². The Morgan fingerprint density at radius 2 is 2.20 bits per heavy atom. The molecule has 0 aliphatic carbocycles. The van der Waals surface area contributed by atoms with Gasteiger partial charge in [0, 0.05) is 11.1 Å². The van der Waals surface area contributed by atoms with Crippen LogP contribution in [0.25, 0.3) is 0 Å². The van der Waals surface area contributed by atoms with Gasteiger partial charge in [0.05, 0.1) is 11.5 Å². The van der Waals surface area contributed by atoms with E-state index >= 15 is 0 Å². The summed E-state index contributed by atoms with van der Waals surface area (Å²) < 4.78 is 0. The Balaban J connectivity index is 2.18. The van der Waals surface area contributed by atoms with E-state index in [1.807, 2.05) is 6.20 Å². The summed E-state index contributed by atoms with van der Waals surface area (Å²) in [7, 11) is 0. The predicted molar refractivity (Wildman–Crippen MR) is 79.7 cm³/mol. The monoisotopic (exact) mass is 293 g/mol. The van der Waals surface area contributed by atoms with Crippen LogP contribution in [0.2, 0.25) is 0 Å². The van der Waals surface area contributed by atoms with Crippen LogP contribution in [0, 0.1) is 10.1 Å². The van der Waals surface area contributed by atoms with Crippen molar-refractivity contribution >= 4 is 28.4 Å². The Morgan fingerprint density at radius 1 is 1.45 bits per heavy atom. The lowest BCUT2D eigenvalue weighted by molar-refractivity contribution is -0.383. The van der Waals surface area contributed by atoms with Crippen molar-refractivity contribution in [2.24, 2.45) is 5.84 Å². The first kappa shape index (κ1) is 14.2. The smallest absolute Gasteiger partial charge is 0.316 e. The minimum Gasteiger partial charge on any atom is -0.373 e. The molecule has 8 heteroatoms. The molecule has 0 aliphatic rings. The fraction of sp³-hybridized carbons (Fsp3) is 0.250. The molecule has 20 heavy (non-hydrogen) atoms. The van der Waals surface area contributed by atoms with Crippen LogP contribution in [0.1, 0.15) is 16.8 Å². The van der Waals surface area contributed by atoms with Gasteiger partial charge in [-0.3, -0.25) is 16.0 Å². The highest BCUT2D eigenvalue weighted by Crippen LogP contribution is 2.32. The zero-order chi connectivity index (χ0) is 14.5. The van der Waals surface area contributed by atoms with E-state index in [1.165, 1.54) is 4.88 Å². The molecule has 0 saturated heterocycles. The molecule has 0 atom stereocenters. The molecule has 1 aromatic heterocycles. The van der Waals surface area contributed by atoms with Crippen molar-refractivity contribution in [3.05, 3.63) is 44.4 Å². The van der Waals surface area contributed by atoms with E-state index < -0.39 is 4.92 Å². The lowest BCUT2D eigenvalue weighted by Gasteiger charge is -2.08. The number of aromatic nitrogens is 1. The van der Waals surface area contributed by atoms with Crippen LogP contribution in [0.5, 0.6) is 0 Å². The van der Waals surface area contributed by atoms with Crippen molar-refractivity contribution < 1.29 is 4.92 Å². The van der Waals surface area contributed by atoms with Crippen molar-refractivity contribution in [1.82, 2.24) is 4.98 Å². The van der Waals surface area contributed by atoms with Gasteiger partial charge in [-0.1, -0.05) is 13.0 Å². The Labute approximate surface area is 120 Å². The number of para-hydroxylation sites is 1. The molecule has 0 amide bonds. The minimum atomic E-state index is -0.461.